The first-order valence-corrected chi connectivity index (χ1v) is 3.61. The van der Waals surface area contributed by atoms with Crippen molar-refractivity contribution in [3.8, 4) is 0 Å². The predicted octanol–water partition coefficient (Wildman–Crippen LogP) is -1.67. The molecule has 58 valence electrons. The Hall–Kier alpha value is -0.0551. The molecule has 4 atom stereocenters. The van der Waals surface area contributed by atoms with Crippen LogP contribution in [0.1, 0.15) is 6.92 Å². The van der Waals surface area contributed by atoms with E-state index < -0.39 is 6.10 Å². The minimum absolute atomic E-state index is 0.00255. The highest BCUT2D eigenvalue weighted by molar-refractivity contribution is 6.11. The number of hydrogen-bond donors (Lipinski definition) is 2. The SMILES string of the molecule is B[C@@H]1O[C@H](CO)[C@@H](C)[C@H]1O. The van der Waals surface area contributed by atoms with Crippen LogP contribution in [0.2, 0.25) is 0 Å². The summed E-state index contributed by atoms with van der Waals surface area (Å²) in [4.78, 5) is 0. The number of hydrogen-bond acceptors (Lipinski definition) is 3. The summed E-state index contributed by atoms with van der Waals surface area (Å²) in [6.07, 6.45) is -0.595. The Morgan fingerprint density at radius 3 is 2.40 bits per heavy atom. The van der Waals surface area contributed by atoms with Crippen LogP contribution in [0, 0.1) is 5.92 Å². The van der Waals surface area contributed by atoms with Gasteiger partial charge in [0.2, 0.25) is 0 Å². The zero-order valence-corrected chi connectivity index (χ0v) is 6.32. The third-order valence-electron chi connectivity index (χ3n) is 2.18. The molecule has 0 aliphatic carbocycles. The lowest BCUT2D eigenvalue weighted by molar-refractivity contribution is 0.0253. The van der Waals surface area contributed by atoms with Crippen molar-refractivity contribution in [1.29, 1.82) is 0 Å². The number of aliphatic hydroxyl groups is 2. The molecule has 0 spiro atoms. The Morgan fingerprint density at radius 2 is 2.20 bits per heavy atom. The Morgan fingerprint density at radius 1 is 1.60 bits per heavy atom. The Bertz CT molecular complexity index is 120. The Labute approximate surface area is 61.4 Å². The third kappa shape index (κ3) is 1.19. The molecule has 2 N–H and O–H groups in total. The van der Waals surface area contributed by atoms with Gasteiger partial charge in [-0.2, -0.15) is 0 Å². The summed E-state index contributed by atoms with van der Waals surface area (Å²) < 4.78 is 5.23. The molecule has 0 amide bonds. The van der Waals surface area contributed by atoms with Crippen LogP contribution in [0.25, 0.3) is 0 Å². The van der Waals surface area contributed by atoms with Gasteiger partial charge in [-0.1, -0.05) is 6.92 Å². The van der Waals surface area contributed by atoms with Crippen molar-refractivity contribution >= 4 is 7.85 Å². The molecule has 1 heterocycles. The molecule has 0 radical (unpaired) electrons. The maximum absolute atomic E-state index is 9.33. The molecule has 1 rings (SSSR count). The maximum atomic E-state index is 9.33. The molecule has 0 aromatic carbocycles. The second-order valence-electron chi connectivity index (χ2n) is 2.91. The minimum atomic E-state index is -0.419. The van der Waals surface area contributed by atoms with Crippen molar-refractivity contribution in [2.75, 3.05) is 6.61 Å². The molecule has 0 bridgehead atoms. The Balaban J connectivity index is 2.53. The van der Waals surface area contributed by atoms with E-state index in [9.17, 15) is 5.11 Å². The number of aliphatic hydroxyl groups excluding tert-OH is 2. The summed E-state index contributed by atoms with van der Waals surface area (Å²) in [6, 6.07) is -0.132. The van der Waals surface area contributed by atoms with Crippen molar-refractivity contribution < 1.29 is 14.9 Å². The molecular weight excluding hydrogens is 131 g/mol. The number of rotatable bonds is 1. The van der Waals surface area contributed by atoms with Crippen molar-refractivity contribution in [3.05, 3.63) is 0 Å². The number of ether oxygens (including phenoxy) is 1. The molecule has 10 heavy (non-hydrogen) atoms. The second-order valence-corrected chi connectivity index (χ2v) is 2.91. The minimum Gasteiger partial charge on any atom is -0.394 e. The van der Waals surface area contributed by atoms with Gasteiger partial charge in [0, 0.05) is 5.92 Å². The van der Waals surface area contributed by atoms with E-state index in [2.05, 4.69) is 0 Å². The second kappa shape index (κ2) is 2.90. The lowest BCUT2D eigenvalue weighted by atomic mass is 9.89. The van der Waals surface area contributed by atoms with Gasteiger partial charge in [0.05, 0.1) is 24.8 Å². The first-order chi connectivity index (χ1) is 4.66. The lowest BCUT2D eigenvalue weighted by Gasteiger charge is -2.11. The molecule has 1 fully saturated rings. The van der Waals surface area contributed by atoms with Gasteiger partial charge >= 0.3 is 0 Å². The van der Waals surface area contributed by atoms with Crippen LogP contribution >= 0.6 is 0 Å². The smallest absolute Gasteiger partial charge is 0.142 e. The third-order valence-corrected chi connectivity index (χ3v) is 2.18. The molecule has 0 aromatic heterocycles. The van der Waals surface area contributed by atoms with E-state index in [1.807, 2.05) is 14.8 Å². The highest BCUT2D eigenvalue weighted by atomic mass is 16.5. The normalized spacial score (nSPS) is 47.9. The van der Waals surface area contributed by atoms with Crippen LogP contribution in [0.3, 0.4) is 0 Å². The van der Waals surface area contributed by atoms with Crippen LogP contribution in [0.4, 0.5) is 0 Å². The zero-order chi connectivity index (χ0) is 7.72. The van der Waals surface area contributed by atoms with Crippen LogP contribution < -0.4 is 0 Å². The lowest BCUT2D eigenvalue weighted by Crippen LogP contribution is -2.26. The van der Waals surface area contributed by atoms with Gasteiger partial charge < -0.3 is 14.9 Å². The fraction of sp³-hybridized carbons (Fsp3) is 1.00. The molecule has 0 unspecified atom stereocenters. The van der Waals surface area contributed by atoms with Gasteiger partial charge in [-0.25, -0.2) is 0 Å². The van der Waals surface area contributed by atoms with E-state index in [0.717, 1.165) is 0 Å². The highest BCUT2D eigenvalue weighted by Gasteiger charge is 2.37. The molecule has 0 aromatic rings. The first-order valence-electron chi connectivity index (χ1n) is 3.61. The van der Waals surface area contributed by atoms with Crippen molar-refractivity contribution in [2.24, 2.45) is 5.92 Å². The molecule has 1 aliphatic heterocycles. The van der Waals surface area contributed by atoms with Crippen LogP contribution in [-0.4, -0.2) is 42.9 Å². The van der Waals surface area contributed by atoms with Crippen LogP contribution in [0.15, 0.2) is 0 Å². The predicted molar refractivity (Wildman–Crippen MR) is 39.5 cm³/mol. The molecule has 3 nitrogen and oxygen atoms in total. The van der Waals surface area contributed by atoms with E-state index in [-0.39, 0.29) is 24.6 Å². The monoisotopic (exact) mass is 144 g/mol. The Kier molecular flexibility index (Phi) is 2.34. The first kappa shape index (κ1) is 8.05. The molecule has 1 aliphatic rings. The maximum Gasteiger partial charge on any atom is 0.142 e. The van der Waals surface area contributed by atoms with Gasteiger partial charge in [0.1, 0.15) is 7.85 Å². The van der Waals surface area contributed by atoms with E-state index in [4.69, 9.17) is 9.84 Å². The average Bonchev–Trinajstić information content (AvgIpc) is 2.17. The van der Waals surface area contributed by atoms with Crippen LogP contribution in [0.5, 0.6) is 0 Å². The van der Waals surface area contributed by atoms with Gasteiger partial charge in [0.15, 0.2) is 0 Å². The van der Waals surface area contributed by atoms with Crippen LogP contribution in [-0.2, 0) is 4.74 Å². The zero-order valence-electron chi connectivity index (χ0n) is 6.32. The van der Waals surface area contributed by atoms with E-state index in [1.54, 1.807) is 0 Å². The van der Waals surface area contributed by atoms with Gasteiger partial charge in [-0.15, -0.1) is 0 Å². The van der Waals surface area contributed by atoms with E-state index >= 15 is 0 Å². The summed E-state index contributed by atoms with van der Waals surface area (Å²) >= 11 is 0. The summed E-state index contributed by atoms with van der Waals surface area (Å²) in [5.74, 6) is 0.0556. The van der Waals surface area contributed by atoms with Crippen molar-refractivity contribution in [3.63, 3.8) is 0 Å². The van der Waals surface area contributed by atoms with Gasteiger partial charge in [-0.05, 0) is 0 Å². The molecule has 1 saturated heterocycles. The van der Waals surface area contributed by atoms with E-state index in [1.165, 1.54) is 0 Å². The summed E-state index contributed by atoms with van der Waals surface area (Å²) in [5, 5.41) is 18.1. The highest BCUT2D eigenvalue weighted by Crippen LogP contribution is 2.24. The summed E-state index contributed by atoms with van der Waals surface area (Å²) in [5.41, 5.74) is 0. The molecule has 4 heteroatoms. The average molecular weight is 144 g/mol. The topological polar surface area (TPSA) is 49.7 Å². The standard InChI is InChI=1S/C6H13BO3/c1-3-4(2-8)10-6(7)5(3)9/h3-6,8-9H,2,7H2,1H3/t3-,4-,5-,6-/m1/s1. The van der Waals surface area contributed by atoms with E-state index in [0.29, 0.717) is 0 Å². The largest absolute Gasteiger partial charge is 0.394 e. The fourth-order valence-electron chi connectivity index (χ4n) is 1.34. The fourth-order valence-corrected chi connectivity index (χ4v) is 1.34. The summed E-state index contributed by atoms with van der Waals surface area (Å²) in [6.45, 7) is 1.89. The van der Waals surface area contributed by atoms with Crippen molar-refractivity contribution in [1.82, 2.24) is 0 Å². The summed E-state index contributed by atoms with van der Waals surface area (Å²) in [7, 11) is 1.82. The quantitative estimate of drug-likeness (QED) is 0.433. The van der Waals surface area contributed by atoms with Crippen molar-refractivity contribution in [2.45, 2.75) is 25.1 Å². The molecular formula is C6H13BO3. The molecule has 0 saturated carbocycles. The van der Waals surface area contributed by atoms with Gasteiger partial charge in [0.25, 0.3) is 0 Å². The van der Waals surface area contributed by atoms with Gasteiger partial charge in [-0.3, -0.25) is 0 Å².